The summed E-state index contributed by atoms with van der Waals surface area (Å²) in [6, 6.07) is 15.1. The first kappa shape index (κ1) is 23.8. The lowest BCUT2D eigenvalue weighted by molar-refractivity contribution is -0.143. The van der Waals surface area contributed by atoms with Crippen molar-refractivity contribution < 1.29 is 18.4 Å². The van der Waals surface area contributed by atoms with Crippen molar-refractivity contribution in [1.82, 2.24) is 9.80 Å². The highest BCUT2D eigenvalue weighted by Gasteiger charge is 2.50. The molecule has 1 aliphatic carbocycles. The minimum Gasteiger partial charge on any atom is -0.341 e. The van der Waals surface area contributed by atoms with E-state index in [2.05, 4.69) is 4.99 Å². The zero-order valence-electron chi connectivity index (χ0n) is 21.2. The van der Waals surface area contributed by atoms with E-state index in [4.69, 9.17) is 0 Å². The highest BCUT2D eigenvalue weighted by Crippen LogP contribution is 2.47. The maximum Gasteiger partial charge on any atom is 0.255 e. The molecule has 2 amide bonds. The van der Waals surface area contributed by atoms with Crippen molar-refractivity contribution in [3.8, 4) is 11.1 Å². The van der Waals surface area contributed by atoms with Crippen LogP contribution in [0.15, 0.2) is 59.6 Å². The molecule has 190 valence electrons. The predicted octanol–water partition coefficient (Wildman–Crippen LogP) is 5.41. The van der Waals surface area contributed by atoms with Crippen LogP contribution in [-0.2, 0) is 9.59 Å². The summed E-state index contributed by atoms with van der Waals surface area (Å²) in [6.45, 7) is 7.11. The molecule has 0 bridgehead atoms. The number of benzene rings is 3. The van der Waals surface area contributed by atoms with Gasteiger partial charge in [-0.25, -0.2) is 8.78 Å². The fourth-order valence-corrected chi connectivity index (χ4v) is 5.34. The average Bonchev–Trinajstić information content (AvgIpc) is 3.55. The molecule has 3 aliphatic rings. The topological polar surface area (TPSA) is 53.0 Å². The largest absolute Gasteiger partial charge is 0.341 e. The van der Waals surface area contributed by atoms with E-state index in [0.717, 1.165) is 29.2 Å². The second-order valence-electron chi connectivity index (χ2n) is 11.4. The Bertz CT molecular complexity index is 1490. The Morgan fingerprint density at radius 1 is 0.946 bits per heavy atom. The summed E-state index contributed by atoms with van der Waals surface area (Å²) in [4.78, 5) is 33.9. The van der Waals surface area contributed by atoms with Crippen molar-refractivity contribution >= 4 is 28.4 Å². The monoisotopic (exact) mass is 501 g/mol. The number of aliphatic imine (C=N–C) groups is 1. The molecule has 5 nitrogen and oxygen atoms in total. The molecular formula is C30H29F2N3O2. The van der Waals surface area contributed by atoms with Gasteiger partial charge in [0.25, 0.3) is 5.91 Å². The van der Waals surface area contributed by atoms with Crippen LogP contribution in [0.1, 0.15) is 39.2 Å². The van der Waals surface area contributed by atoms with Gasteiger partial charge >= 0.3 is 0 Å². The van der Waals surface area contributed by atoms with Gasteiger partial charge < -0.3 is 4.90 Å². The highest BCUT2D eigenvalue weighted by atomic mass is 19.1. The van der Waals surface area contributed by atoms with Gasteiger partial charge in [-0.15, -0.1) is 0 Å². The van der Waals surface area contributed by atoms with Crippen LogP contribution in [0.4, 0.5) is 8.78 Å². The number of amidine groups is 1. The zero-order chi connectivity index (χ0) is 26.1. The molecule has 0 N–H and O–H groups in total. The molecule has 0 aromatic heterocycles. The van der Waals surface area contributed by atoms with Gasteiger partial charge in [0.2, 0.25) is 5.91 Å². The predicted molar refractivity (Wildman–Crippen MR) is 139 cm³/mol. The smallest absolute Gasteiger partial charge is 0.255 e. The van der Waals surface area contributed by atoms with E-state index in [9.17, 15) is 14.0 Å². The van der Waals surface area contributed by atoms with Gasteiger partial charge in [-0.05, 0) is 78.9 Å². The SMILES string of the molecule is CC1(C(=O)N2CC(CN3C(=O)C(C)(C)N=C3c3ccc(-c4ccc5cc(F)ccc5c4)cc3F)C2)CC1. The van der Waals surface area contributed by atoms with Crippen molar-refractivity contribution in [2.75, 3.05) is 19.6 Å². The molecule has 2 aliphatic heterocycles. The minimum absolute atomic E-state index is 0.138. The third kappa shape index (κ3) is 4.10. The van der Waals surface area contributed by atoms with Crippen LogP contribution in [0.2, 0.25) is 0 Å². The molecule has 6 rings (SSSR count). The van der Waals surface area contributed by atoms with Crippen LogP contribution in [-0.4, -0.2) is 52.6 Å². The normalized spacial score (nSPS) is 20.2. The molecule has 0 spiro atoms. The molecule has 1 saturated carbocycles. The molecule has 3 aromatic carbocycles. The Kier molecular flexibility index (Phi) is 5.27. The summed E-state index contributed by atoms with van der Waals surface area (Å²) in [6.07, 6.45) is 1.88. The number of rotatable bonds is 5. The summed E-state index contributed by atoms with van der Waals surface area (Å²) < 4.78 is 29.0. The number of amides is 2. The van der Waals surface area contributed by atoms with Crippen molar-refractivity contribution in [2.45, 2.75) is 39.2 Å². The molecule has 2 fully saturated rings. The number of carbonyl (C=O) groups is 2. The van der Waals surface area contributed by atoms with E-state index in [1.807, 2.05) is 36.1 Å². The van der Waals surface area contributed by atoms with Gasteiger partial charge in [0.1, 0.15) is 23.0 Å². The summed E-state index contributed by atoms with van der Waals surface area (Å²) >= 11 is 0. The number of halogens is 2. The van der Waals surface area contributed by atoms with Crippen molar-refractivity contribution in [1.29, 1.82) is 0 Å². The molecule has 2 heterocycles. The second-order valence-corrected chi connectivity index (χ2v) is 11.4. The lowest BCUT2D eigenvalue weighted by Crippen LogP contribution is -2.56. The molecule has 0 radical (unpaired) electrons. The maximum atomic E-state index is 15.5. The third-order valence-corrected chi connectivity index (χ3v) is 7.96. The van der Waals surface area contributed by atoms with Gasteiger partial charge in [0.15, 0.2) is 0 Å². The third-order valence-electron chi connectivity index (χ3n) is 7.96. The summed E-state index contributed by atoms with van der Waals surface area (Å²) in [5.41, 5.74) is 0.604. The molecule has 3 aromatic rings. The first-order chi connectivity index (χ1) is 17.5. The molecule has 37 heavy (non-hydrogen) atoms. The fourth-order valence-electron chi connectivity index (χ4n) is 5.34. The van der Waals surface area contributed by atoms with Crippen LogP contribution >= 0.6 is 0 Å². The van der Waals surface area contributed by atoms with Gasteiger partial charge in [0.05, 0.1) is 5.56 Å². The number of nitrogens with zero attached hydrogens (tertiary/aromatic N) is 3. The van der Waals surface area contributed by atoms with Gasteiger partial charge in [-0.1, -0.05) is 31.2 Å². The van der Waals surface area contributed by atoms with Crippen molar-refractivity contribution in [3.05, 3.63) is 71.8 Å². The molecule has 1 saturated heterocycles. The molecule has 0 atom stereocenters. The Balaban J connectivity index is 1.24. The zero-order valence-corrected chi connectivity index (χ0v) is 21.2. The van der Waals surface area contributed by atoms with Crippen LogP contribution in [0.3, 0.4) is 0 Å². The summed E-state index contributed by atoms with van der Waals surface area (Å²) in [5, 5.41) is 1.64. The lowest BCUT2D eigenvalue weighted by Gasteiger charge is -2.42. The summed E-state index contributed by atoms with van der Waals surface area (Å²) in [5.74, 6) is -0.240. The first-order valence-corrected chi connectivity index (χ1v) is 12.7. The van der Waals surface area contributed by atoms with Crippen LogP contribution in [0.25, 0.3) is 21.9 Å². The number of likely N-dealkylation sites (tertiary alicyclic amines) is 1. The van der Waals surface area contributed by atoms with Crippen LogP contribution in [0, 0.1) is 23.0 Å². The van der Waals surface area contributed by atoms with E-state index in [0.29, 0.717) is 31.0 Å². The van der Waals surface area contributed by atoms with Crippen molar-refractivity contribution in [3.63, 3.8) is 0 Å². The van der Waals surface area contributed by atoms with Gasteiger partial charge in [-0.3, -0.25) is 19.5 Å². The second kappa shape index (κ2) is 8.20. The molecule has 0 unspecified atom stereocenters. The Morgan fingerprint density at radius 2 is 1.59 bits per heavy atom. The standard InChI is InChI=1S/C30H29F2N3O2/c1-29(2)27(36)35(17-18-15-34(16-18)28(37)30(3)10-11-30)26(33-29)24-9-7-22(14-25(24)32)19-4-5-21-13-23(31)8-6-20(21)12-19/h4-9,12-14,18H,10-11,15-17H2,1-3H3. The lowest BCUT2D eigenvalue weighted by atomic mass is 9.95. The number of hydrogen-bond donors (Lipinski definition) is 0. The van der Waals surface area contributed by atoms with E-state index < -0.39 is 11.4 Å². The van der Waals surface area contributed by atoms with E-state index >= 15 is 4.39 Å². The van der Waals surface area contributed by atoms with Gasteiger partial charge in [0, 0.05) is 31.0 Å². The van der Waals surface area contributed by atoms with E-state index in [-0.39, 0.29) is 34.5 Å². The Morgan fingerprint density at radius 3 is 2.30 bits per heavy atom. The quantitative estimate of drug-likeness (QED) is 0.469. The van der Waals surface area contributed by atoms with Gasteiger partial charge in [-0.2, -0.15) is 0 Å². The van der Waals surface area contributed by atoms with E-state index in [1.165, 1.54) is 18.2 Å². The number of fused-ring (bicyclic) bond motifs is 1. The summed E-state index contributed by atoms with van der Waals surface area (Å²) in [7, 11) is 0. The fraction of sp³-hybridized carbons (Fsp3) is 0.367. The minimum atomic E-state index is -0.977. The molecule has 7 heteroatoms. The van der Waals surface area contributed by atoms with Crippen molar-refractivity contribution in [2.24, 2.45) is 16.3 Å². The van der Waals surface area contributed by atoms with Crippen LogP contribution in [0.5, 0.6) is 0 Å². The Labute approximate surface area is 214 Å². The number of hydrogen-bond acceptors (Lipinski definition) is 3. The number of carbonyl (C=O) groups excluding carboxylic acids is 2. The highest BCUT2D eigenvalue weighted by molar-refractivity contribution is 6.15. The Hall–Kier alpha value is -3.61. The maximum absolute atomic E-state index is 15.5. The average molecular weight is 502 g/mol. The van der Waals surface area contributed by atoms with Crippen LogP contribution < -0.4 is 0 Å². The molecular weight excluding hydrogens is 472 g/mol. The van der Waals surface area contributed by atoms with E-state index in [1.54, 1.807) is 30.9 Å². The first-order valence-electron chi connectivity index (χ1n) is 12.7.